The average Bonchev–Trinajstić information content (AvgIpc) is 2.41. The second-order valence-corrected chi connectivity index (χ2v) is 5.24. The zero-order valence-electron chi connectivity index (χ0n) is 12.2. The van der Waals surface area contributed by atoms with Gasteiger partial charge in [0.15, 0.2) is 5.82 Å². The van der Waals surface area contributed by atoms with Crippen LogP contribution in [0.25, 0.3) is 0 Å². The van der Waals surface area contributed by atoms with E-state index in [1.165, 1.54) is 0 Å². The highest BCUT2D eigenvalue weighted by molar-refractivity contribution is 7.98. The first-order valence-corrected chi connectivity index (χ1v) is 7.94. The Morgan fingerprint density at radius 2 is 2.16 bits per heavy atom. The van der Waals surface area contributed by atoms with Crippen molar-refractivity contribution in [2.45, 2.75) is 32.9 Å². The molecule has 0 amide bonds. The van der Waals surface area contributed by atoms with Gasteiger partial charge in [-0.2, -0.15) is 11.8 Å². The molecule has 0 bridgehead atoms. The van der Waals surface area contributed by atoms with Crippen LogP contribution in [0.3, 0.4) is 0 Å². The predicted octanol–water partition coefficient (Wildman–Crippen LogP) is 2.17. The molecular weight excluding hydrogens is 260 g/mol. The number of nitrogens with zero attached hydrogens (tertiary/aromatic N) is 3. The maximum absolute atomic E-state index is 5.85. The molecular formula is C13H24N4OS. The molecule has 0 fully saturated rings. The van der Waals surface area contributed by atoms with Crippen molar-refractivity contribution in [2.24, 2.45) is 0 Å². The fraction of sp³-hybridized carbons (Fsp3) is 0.692. The van der Waals surface area contributed by atoms with Gasteiger partial charge in [-0.3, -0.25) is 0 Å². The van der Waals surface area contributed by atoms with Crippen molar-refractivity contribution < 1.29 is 4.74 Å². The predicted molar refractivity (Wildman–Crippen MR) is 82.6 cm³/mol. The van der Waals surface area contributed by atoms with Crippen LogP contribution in [0.1, 0.15) is 26.1 Å². The Labute approximate surface area is 119 Å². The minimum Gasteiger partial charge on any atom is -0.384 e. The summed E-state index contributed by atoms with van der Waals surface area (Å²) in [6, 6.07) is 2.27. The topological polar surface area (TPSA) is 64.3 Å². The first kappa shape index (κ1) is 16.0. The molecule has 0 radical (unpaired) electrons. The first-order valence-electron chi connectivity index (χ1n) is 6.55. The van der Waals surface area contributed by atoms with E-state index in [2.05, 4.69) is 35.1 Å². The molecule has 108 valence electrons. The minimum absolute atomic E-state index is 0.404. The smallest absolute Gasteiger partial charge is 0.158 e. The van der Waals surface area contributed by atoms with Crippen molar-refractivity contribution in [3.8, 4) is 0 Å². The van der Waals surface area contributed by atoms with Crippen molar-refractivity contribution in [1.29, 1.82) is 0 Å². The molecule has 1 aromatic rings. The normalized spacial score (nSPS) is 12.4. The maximum atomic E-state index is 5.85. The van der Waals surface area contributed by atoms with E-state index in [1.807, 2.05) is 24.8 Å². The first-order chi connectivity index (χ1) is 9.12. The summed E-state index contributed by atoms with van der Waals surface area (Å²) in [5, 5.41) is 0. The van der Waals surface area contributed by atoms with E-state index in [4.69, 9.17) is 10.5 Å². The monoisotopic (exact) mass is 284 g/mol. The molecule has 19 heavy (non-hydrogen) atoms. The van der Waals surface area contributed by atoms with Crippen LogP contribution >= 0.6 is 11.8 Å². The molecule has 0 saturated heterocycles. The van der Waals surface area contributed by atoms with E-state index in [1.54, 1.807) is 0 Å². The Morgan fingerprint density at radius 3 is 2.74 bits per heavy atom. The Balaban J connectivity index is 2.88. The summed E-state index contributed by atoms with van der Waals surface area (Å²) < 4.78 is 5.34. The van der Waals surface area contributed by atoms with Crippen molar-refractivity contribution in [2.75, 3.05) is 36.3 Å². The largest absolute Gasteiger partial charge is 0.384 e. The SMILES string of the molecule is CCOCc1nc(N)cc(N(C)C(CC)CSC)n1. The number of hydrogen-bond acceptors (Lipinski definition) is 6. The molecule has 0 spiro atoms. The third kappa shape index (κ3) is 4.87. The number of rotatable bonds is 8. The summed E-state index contributed by atoms with van der Waals surface area (Å²) >= 11 is 1.84. The molecule has 1 rings (SSSR count). The van der Waals surface area contributed by atoms with Gasteiger partial charge in [-0.1, -0.05) is 6.92 Å². The fourth-order valence-corrected chi connectivity index (χ4v) is 2.67. The van der Waals surface area contributed by atoms with E-state index in [9.17, 15) is 0 Å². The van der Waals surface area contributed by atoms with Gasteiger partial charge in [0, 0.05) is 31.5 Å². The van der Waals surface area contributed by atoms with Crippen LogP contribution in [0.15, 0.2) is 6.07 Å². The number of nitrogen functional groups attached to an aromatic ring is 1. The summed E-state index contributed by atoms with van der Waals surface area (Å²) in [7, 11) is 2.05. The Bertz CT molecular complexity index is 389. The molecule has 1 unspecified atom stereocenters. The van der Waals surface area contributed by atoms with Gasteiger partial charge in [0.05, 0.1) is 0 Å². The van der Waals surface area contributed by atoms with Gasteiger partial charge in [-0.25, -0.2) is 9.97 Å². The average molecular weight is 284 g/mol. The summed E-state index contributed by atoms with van der Waals surface area (Å²) in [4.78, 5) is 10.9. The molecule has 0 aromatic carbocycles. The molecule has 0 saturated carbocycles. The van der Waals surface area contributed by atoms with Crippen molar-refractivity contribution >= 4 is 23.4 Å². The second-order valence-electron chi connectivity index (χ2n) is 4.33. The van der Waals surface area contributed by atoms with Gasteiger partial charge >= 0.3 is 0 Å². The zero-order valence-corrected chi connectivity index (χ0v) is 13.0. The Morgan fingerprint density at radius 1 is 1.42 bits per heavy atom. The van der Waals surface area contributed by atoms with Crippen LogP contribution in [-0.2, 0) is 11.3 Å². The molecule has 1 heterocycles. The summed E-state index contributed by atoms with van der Waals surface area (Å²) in [6.07, 6.45) is 3.19. The lowest BCUT2D eigenvalue weighted by molar-refractivity contribution is 0.128. The third-order valence-corrected chi connectivity index (χ3v) is 3.67. The van der Waals surface area contributed by atoms with Crippen LogP contribution in [0.5, 0.6) is 0 Å². The lowest BCUT2D eigenvalue weighted by atomic mass is 10.2. The van der Waals surface area contributed by atoms with Crippen LogP contribution in [0.4, 0.5) is 11.6 Å². The van der Waals surface area contributed by atoms with Crippen molar-refractivity contribution in [3.63, 3.8) is 0 Å². The van der Waals surface area contributed by atoms with Gasteiger partial charge in [0.1, 0.15) is 18.2 Å². The van der Waals surface area contributed by atoms with Crippen LogP contribution in [0, 0.1) is 0 Å². The van der Waals surface area contributed by atoms with Gasteiger partial charge in [0.25, 0.3) is 0 Å². The van der Waals surface area contributed by atoms with Gasteiger partial charge in [-0.15, -0.1) is 0 Å². The number of nitrogens with two attached hydrogens (primary N) is 1. The molecule has 1 aromatic heterocycles. The number of aromatic nitrogens is 2. The van der Waals surface area contributed by atoms with E-state index in [0.29, 0.717) is 30.9 Å². The van der Waals surface area contributed by atoms with Gasteiger partial charge in [-0.05, 0) is 19.6 Å². The number of anilines is 2. The highest BCUT2D eigenvalue weighted by atomic mass is 32.2. The zero-order chi connectivity index (χ0) is 14.3. The van der Waals surface area contributed by atoms with Gasteiger partial charge in [0.2, 0.25) is 0 Å². The second kappa shape index (κ2) is 8.22. The summed E-state index contributed by atoms with van der Waals surface area (Å²) in [6.45, 7) is 5.18. The number of thioether (sulfide) groups is 1. The molecule has 0 aliphatic heterocycles. The van der Waals surface area contributed by atoms with E-state index in [0.717, 1.165) is 18.0 Å². The molecule has 6 heteroatoms. The quantitative estimate of drug-likeness (QED) is 0.789. The lowest BCUT2D eigenvalue weighted by Crippen LogP contribution is -2.34. The van der Waals surface area contributed by atoms with E-state index >= 15 is 0 Å². The van der Waals surface area contributed by atoms with Crippen LogP contribution < -0.4 is 10.6 Å². The molecule has 0 aliphatic carbocycles. The fourth-order valence-electron chi connectivity index (χ4n) is 1.82. The standard InChI is InChI=1S/C13H24N4OS/c1-5-10(9-19-4)17(3)13-7-11(14)15-12(16-13)8-18-6-2/h7,10H,5-6,8-9H2,1-4H3,(H2,14,15,16). The number of ether oxygens (including phenoxy) is 1. The van der Waals surface area contributed by atoms with Crippen molar-refractivity contribution in [1.82, 2.24) is 9.97 Å². The Kier molecular flexibility index (Phi) is 6.94. The summed E-state index contributed by atoms with van der Waals surface area (Å²) in [5.41, 5.74) is 5.85. The maximum Gasteiger partial charge on any atom is 0.158 e. The summed E-state index contributed by atoms with van der Waals surface area (Å²) in [5.74, 6) is 3.06. The lowest BCUT2D eigenvalue weighted by Gasteiger charge is -2.28. The third-order valence-electron chi connectivity index (χ3n) is 2.95. The highest BCUT2D eigenvalue weighted by Crippen LogP contribution is 2.19. The molecule has 1 atom stereocenters. The number of hydrogen-bond donors (Lipinski definition) is 1. The minimum atomic E-state index is 0.404. The van der Waals surface area contributed by atoms with Crippen molar-refractivity contribution in [3.05, 3.63) is 11.9 Å². The Hall–Kier alpha value is -1.01. The van der Waals surface area contributed by atoms with Gasteiger partial charge < -0.3 is 15.4 Å². The van der Waals surface area contributed by atoms with Crippen LogP contribution in [0.2, 0.25) is 0 Å². The molecule has 2 N–H and O–H groups in total. The van der Waals surface area contributed by atoms with Crippen LogP contribution in [-0.4, -0.2) is 41.7 Å². The molecule has 0 aliphatic rings. The van der Waals surface area contributed by atoms with E-state index in [-0.39, 0.29) is 0 Å². The molecule has 5 nitrogen and oxygen atoms in total. The van der Waals surface area contributed by atoms with E-state index < -0.39 is 0 Å². The highest BCUT2D eigenvalue weighted by Gasteiger charge is 2.15.